The topological polar surface area (TPSA) is 54.8 Å². The molecule has 0 bridgehead atoms. The number of hydrogen-bond donors (Lipinski definition) is 0. The largest absolute Gasteiger partial charge is 0.443 e. The summed E-state index contributed by atoms with van der Waals surface area (Å²) in [5.41, 5.74) is -0.571. The van der Waals surface area contributed by atoms with Gasteiger partial charge in [-0.15, -0.1) is 0 Å². The summed E-state index contributed by atoms with van der Waals surface area (Å²) in [6.45, 7) is 13.2. The van der Waals surface area contributed by atoms with Gasteiger partial charge in [-0.1, -0.05) is 19.6 Å². The summed E-state index contributed by atoms with van der Waals surface area (Å²) < 4.78 is 8.74. The minimum Gasteiger partial charge on any atom is -0.443 e. The molecule has 0 saturated carbocycles. The average Bonchev–Trinajstić information content (AvgIpc) is 2.90. The third kappa shape index (κ3) is 3.35. The number of hydrogen-bond acceptors (Lipinski definition) is 3. The zero-order valence-electron chi connectivity index (χ0n) is 14.2. The van der Waals surface area contributed by atoms with Crippen LogP contribution in [0.1, 0.15) is 20.8 Å². The number of ether oxygens (including phenoxy) is 1. The molecule has 0 aliphatic carbocycles. The van der Waals surface area contributed by atoms with E-state index in [0.717, 1.165) is 0 Å². The minimum absolute atomic E-state index is 0.0253. The van der Waals surface area contributed by atoms with Gasteiger partial charge in [0, 0.05) is 19.3 Å². The Morgan fingerprint density at radius 2 is 1.86 bits per heavy atom. The lowest BCUT2D eigenvalue weighted by Gasteiger charge is -2.29. The van der Waals surface area contributed by atoms with E-state index in [4.69, 9.17) is 4.74 Å². The molecule has 2 amide bonds. The summed E-state index contributed by atoms with van der Waals surface area (Å²) in [5, 5.41) is 0. The first-order valence-corrected chi connectivity index (χ1v) is 11.0. The Morgan fingerprint density at radius 3 is 2.36 bits per heavy atom. The Bertz CT molecular complexity index is 584. The first kappa shape index (κ1) is 16.6. The van der Waals surface area contributed by atoms with E-state index in [-0.39, 0.29) is 6.03 Å². The molecule has 22 heavy (non-hydrogen) atoms. The number of aromatic nitrogens is 1. The van der Waals surface area contributed by atoms with E-state index in [0.29, 0.717) is 18.9 Å². The summed E-state index contributed by atoms with van der Waals surface area (Å²) in [5.74, 6) is 0.569. The van der Waals surface area contributed by atoms with E-state index >= 15 is 0 Å². The summed E-state index contributed by atoms with van der Waals surface area (Å²) in [6.07, 6.45) is 1.17. The molecule has 0 unspecified atom stereocenters. The van der Waals surface area contributed by atoms with Gasteiger partial charge in [-0.05, 0) is 32.9 Å². The van der Waals surface area contributed by atoms with Gasteiger partial charge in [0.15, 0.2) is 8.24 Å². The van der Waals surface area contributed by atoms with E-state index in [2.05, 4.69) is 19.6 Å². The highest BCUT2D eigenvalue weighted by Gasteiger charge is 2.39. The highest BCUT2D eigenvalue weighted by atomic mass is 28.3. The lowest BCUT2D eigenvalue weighted by Crippen LogP contribution is -2.48. The SMILES string of the molecule is CC(C)(C)OC(=O)n1cccc1N1CCN([Si](C)(C)C)C1=O. The molecular weight excluding hydrogens is 298 g/mol. The molecular formula is C15H25N3O3Si. The second-order valence-electron chi connectivity index (χ2n) is 7.47. The number of rotatable bonds is 2. The summed E-state index contributed by atoms with van der Waals surface area (Å²) >= 11 is 0. The Hall–Kier alpha value is -1.76. The van der Waals surface area contributed by atoms with Crippen molar-refractivity contribution in [3.8, 4) is 0 Å². The van der Waals surface area contributed by atoms with Crippen molar-refractivity contribution in [3.05, 3.63) is 18.3 Å². The van der Waals surface area contributed by atoms with Crippen LogP contribution in [0.2, 0.25) is 19.6 Å². The maximum absolute atomic E-state index is 12.6. The molecule has 2 rings (SSSR count). The van der Waals surface area contributed by atoms with E-state index in [1.165, 1.54) is 4.57 Å². The van der Waals surface area contributed by atoms with E-state index < -0.39 is 19.9 Å². The van der Waals surface area contributed by atoms with Gasteiger partial charge in [0.1, 0.15) is 11.4 Å². The smallest absolute Gasteiger partial charge is 0.420 e. The predicted octanol–water partition coefficient (Wildman–Crippen LogP) is 3.35. The van der Waals surface area contributed by atoms with Crippen LogP contribution in [-0.2, 0) is 4.74 Å². The summed E-state index contributed by atoms with van der Waals surface area (Å²) in [7, 11) is -1.71. The van der Waals surface area contributed by atoms with Gasteiger partial charge in [-0.2, -0.15) is 0 Å². The van der Waals surface area contributed by atoms with Crippen LogP contribution in [0.5, 0.6) is 0 Å². The molecule has 1 aliphatic heterocycles. The third-order valence-electron chi connectivity index (χ3n) is 3.41. The molecule has 122 valence electrons. The Balaban J connectivity index is 2.24. The number of amides is 2. The van der Waals surface area contributed by atoms with Crippen molar-refractivity contribution >= 4 is 26.2 Å². The van der Waals surface area contributed by atoms with Gasteiger partial charge >= 0.3 is 12.1 Å². The highest BCUT2D eigenvalue weighted by molar-refractivity contribution is 6.75. The quantitative estimate of drug-likeness (QED) is 0.784. The molecule has 0 aromatic carbocycles. The molecule has 7 heteroatoms. The molecule has 0 radical (unpaired) electrons. The molecule has 1 saturated heterocycles. The molecule has 1 aromatic heterocycles. The zero-order valence-corrected chi connectivity index (χ0v) is 15.2. The van der Waals surface area contributed by atoms with Crippen LogP contribution in [0.25, 0.3) is 0 Å². The normalized spacial score (nSPS) is 16.4. The standard InChI is InChI=1S/C15H25N3O3Si/c1-15(2,3)21-14(20)17-9-7-8-12(17)16-10-11-18(13(16)19)22(4,5)6/h7-9H,10-11H2,1-6H3. The Labute approximate surface area is 132 Å². The van der Waals surface area contributed by atoms with Gasteiger partial charge in [0.05, 0.1) is 0 Å². The van der Waals surface area contributed by atoms with Crippen molar-refractivity contribution < 1.29 is 14.3 Å². The Kier molecular flexibility index (Phi) is 4.12. The number of anilines is 1. The number of carbonyl (C=O) groups excluding carboxylic acids is 2. The molecule has 2 heterocycles. The fraction of sp³-hybridized carbons (Fsp3) is 0.600. The van der Waals surface area contributed by atoms with E-state index in [1.54, 1.807) is 23.2 Å². The van der Waals surface area contributed by atoms with Gasteiger partial charge in [0.2, 0.25) is 0 Å². The van der Waals surface area contributed by atoms with Gasteiger partial charge < -0.3 is 9.30 Å². The fourth-order valence-corrected chi connectivity index (χ4v) is 3.89. The number of urea groups is 1. The lowest BCUT2D eigenvalue weighted by molar-refractivity contribution is 0.0540. The van der Waals surface area contributed by atoms with Crippen LogP contribution in [0.15, 0.2) is 18.3 Å². The van der Waals surface area contributed by atoms with Crippen molar-refractivity contribution in [3.63, 3.8) is 0 Å². The number of carbonyl (C=O) groups is 2. The first-order chi connectivity index (χ1) is 10.0. The molecule has 6 nitrogen and oxygen atoms in total. The highest BCUT2D eigenvalue weighted by Crippen LogP contribution is 2.25. The zero-order chi connectivity index (χ0) is 16.7. The van der Waals surface area contributed by atoms with Crippen LogP contribution in [0.3, 0.4) is 0 Å². The fourth-order valence-electron chi connectivity index (χ4n) is 2.43. The van der Waals surface area contributed by atoms with E-state index in [9.17, 15) is 9.59 Å². The van der Waals surface area contributed by atoms with Crippen molar-refractivity contribution in [1.29, 1.82) is 0 Å². The second-order valence-corrected chi connectivity index (χ2v) is 12.4. The van der Waals surface area contributed by atoms with Crippen molar-refractivity contribution in [2.75, 3.05) is 18.0 Å². The van der Waals surface area contributed by atoms with Crippen LogP contribution < -0.4 is 4.90 Å². The molecule has 0 atom stereocenters. The second kappa shape index (κ2) is 5.46. The molecule has 1 aromatic rings. The number of nitrogens with zero attached hydrogens (tertiary/aromatic N) is 3. The van der Waals surface area contributed by atoms with Crippen LogP contribution in [-0.4, -0.2) is 48.2 Å². The van der Waals surface area contributed by atoms with E-state index in [1.807, 2.05) is 25.3 Å². The van der Waals surface area contributed by atoms with Crippen molar-refractivity contribution in [2.24, 2.45) is 0 Å². The summed E-state index contributed by atoms with van der Waals surface area (Å²) in [6, 6.07) is 3.50. The van der Waals surface area contributed by atoms with Crippen LogP contribution >= 0.6 is 0 Å². The maximum atomic E-state index is 12.6. The van der Waals surface area contributed by atoms with Crippen LogP contribution in [0, 0.1) is 0 Å². The maximum Gasteiger partial charge on any atom is 0.420 e. The summed E-state index contributed by atoms with van der Waals surface area (Å²) in [4.78, 5) is 26.6. The first-order valence-electron chi connectivity index (χ1n) is 7.50. The van der Waals surface area contributed by atoms with Crippen molar-refractivity contribution in [2.45, 2.75) is 46.0 Å². The van der Waals surface area contributed by atoms with Gasteiger partial charge in [-0.3, -0.25) is 4.90 Å². The Morgan fingerprint density at radius 1 is 1.23 bits per heavy atom. The third-order valence-corrected chi connectivity index (χ3v) is 5.45. The molecule has 0 spiro atoms. The van der Waals surface area contributed by atoms with Gasteiger partial charge in [0.25, 0.3) is 0 Å². The van der Waals surface area contributed by atoms with Crippen molar-refractivity contribution in [1.82, 2.24) is 9.13 Å². The lowest BCUT2D eigenvalue weighted by atomic mass is 10.2. The average molecular weight is 323 g/mol. The molecule has 0 N–H and O–H groups in total. The predicted molar refractivity (Wildman–Crippen MR) is 88.9 cm³/mol. The minimum atomic E-state index is -1.71. The van der Waals surface area contributed by atoms with Gasteiger partial charge in [-0.25, -0.2) is 14.2 Å². The molecule has 1 fully saturated rings. The molecule has 1 aliphatic rings. The monoisotopic (exact) mass is 323 g/mol. The van der Waals surface area contributed by atoms with Crippen LogP contribution in [0.4, 0.5) is 15.4 Å².